The lowest BCUT2D eigenvalue weighted by Gasteiger charge is -2.23. The largest absolute Gasteiger partial charge is 0.268 e. The summed E-state index contributed by atoms with van der Waals surface area (Å²) in [7, 11) is 0. The fraction of sp³-hybridized carbons (Fsp3) is 0.308. The van der Waals surface area contributed by atoms with Crippen molar-refractivity contribution in [1.29, 1.82) is 0 Å². The molecule has 0 unspecified atom stereocenters. The first-order chi connectivity index (χ1) is 20.2. The molecule has 0 spiro atoms. The molecule has 0 aliphatic carbocycles. The third-order valence-corrected chi connectivity index (χ3v) is 9.97. The number of fused-ring (bicyclic) bond motifs is 7. The number of pyridine rings is 1. The SMILES string of the molecule is CC(C)(C)c1ccc2c(n1)nc1c3c4cc(C(C)(C)C)c5ccc6ccc7c(C(C)(C)C)cc(c3c(=O)n21)c1c7c6c5c41. The Balaban J connectivity index is 1.64. The molecule has 6 aromatic carbocycles. The Morgan fingerprint density at radius 3 is 1.60 bits per heavy atom. The van der Waals surface area contributed by atoms with Crippen LogP contribution >= 0.6 is 0 Å². The summed E-state index contributed by atoms with van der Waals surface area (Å²) >= 11 is 0. The van der Waals surface area contributed by atoms with Crippen molar-refractivity contribution in [1.82, 2.24) is 14.4 Å². The van der Waals surface area contributed by atoms with Gasteiger partial charge in [-0.2, -0.15) is 0 Å². The number of rotatable bonds is 0. The molecule has 0 radical (unpaired) electrons. The van der Waals surface area contributed by atoms with Gasteiger partial charge < -0.3 is 0 Å². The van der Waals surface area contributed by atoms with Crippen molar-refractivity contribution in [2.24, 2.45) is 0 Å². The van der Waals surface area contributed by atoms with Crippen molar-refractivity contribution >= 4 is 81.4 Å². The van der Waals surface area contributed by atoms with Crippen LogP contribution in [0, 0.1) is 0 Å². The van der Waals surface area contributed by atoms with E-state index in [1.54, 1.807) is 0 Å². The maximum Gasteiger partial charge on any atom is 0.265 e. The van der Waals surface area contributed by atoms with Crippen molar-refractivity contribution < 1.29 is 0 Å². The highest BCUT2D eigenvalue weighted by Crippen LogP contribution is 2.54. The molecular formula is C39H35N3O. The van der Waals surface area contributed by atoms with Crippen molar-refractivity contribution in [3.8, 4) is 0 Å². The topological polar surface area (TPSA) is 47.3 Å². The van der Waals surface area contributed by atoms with E-state index in [1.165, 1.54) is 54.2 Å². The van der Waals surface area contributed by atoms with Crippen LogP contribution in [-0.2, 0) is 16.2 Å². The number of hydrogen-bond acceptors (Lipinski definition) is 3. The van der Waals surface area contributed by atoms with Gasteiger partial charge in [0.25, 0.3) is 5.56 Å². The molecule has 4 heteroatoms. The van der Waals surface area contributed by atoms with Crippen LogP contribution in [0.3, 0.4) is 0 Å². The second-order valence-electron chi connectivity index (χ2n) is 15.9. The van der Waals surface area contributed by atoms with Crippen LogP contribution in [0.4, 0.5) is 0 Å². The van der Waals surface area contributed by atoms with E-state index in [9.17, 15) is 4.79 Å². The second kappa shape index (κ2) is 7.24. The molecule has 9 aromatic rings. The zero-order chi connectivity index (χ0) is 30.1. The first-order valence-corrected chi connectivity index (χ1v) is 15.4. The minimum Gasteiger partial charge on any atom is -0.268 e. The van der Waals surface area contributed by atoms with Gasteiger partial charge in [0, 0.05) is 16.5 Å². The smallest absolute Gasteiger partial charge is 0.265 e. The summed E-state index contributed by atoms with van der Waals surface area (Å²) in [5.74, 6) is 0. The molecule has 0 N–H and O–H groups in total. The van der Waals surface area contributed by atoms with Crippen LogP contribution in [0.25, 0.3) is 81.4 Å². The molecule has 0 amide bonds. The summed E-state index contributed by atoms with van der Waals surface area (Å²) < 4.78 is 1.83. The molecule has 0 saturated carbocycles. The van der Waals surface area contributed by atoms with E-state index in [0.29, 0.717) is 5.65 Å². The van der Waals surface area contributed by atoms with Gasteiger partial charge in [0.2, 0.25) is 0 Å². The number of benzene rings is 5. The number of aromatic nitrogens is 3. The highest BCUT2D eigenvalue weighted by atomic mass is 16.1. The monoisotopic (exact) mass is 561 g/mol. The molecule has 0 fully saturated rings. The van der Waals surface area contributed by atoms with Crippen molar-refractivity contribution in [2.75, 3.05) is 0 Å². The Hall–Kier alpha value is -4.31. The third-order valence-electron chi connectivity index (χ3n) is 9.97. The summed E-state index contributed by atoms with van der Waals surface area (Å²) in [4.78, 5) is 24.8. The molecule has 212 valence electrons. The van der Waals surface area contributed by atoms with E-state index < -0.39 is 0 Å². The molecule has 0 saturated heterocycles. The summed E-state index contributed by atoms with van der Waals surface area (Å²) in [6, 6.07) is 18.0. The Bertz CT molecular complexity index is 2670. The third kappa shape index (κ3) is 2.90. The maximum absolute atomic E-state index is 14.7. The second-order valence-corrected chi connectivity index (χ2v) is 15.9. The molecular weight excluding hydrogens is 526 g/mol. The number of nitrogens with zero attached hydrogens (tertiary/aromatic N) is 3. The number of hydrogen-bond donors (Lipinski definition) is 0. The molecule has 3 heterocycles. The Labute approximate surface area is 249 Å². The molecule has 0 aliphatic heterocycles. The summed E-state index contributed by atoms with van der Waals surface area (Å²) in [6.45, 7) is 20.2. The first-order valence-electron chi connectivity index (χ1n) is 15.4. The lowest BCUT2D eigenvalue weighted by atomic mass is 9.80. The highest BCUT2D eigenvalue weighted by Gasteiger charge is 2.32. The van der Waals surface area contributed by atoms with Crippen LogP contribution in [0.1, 0.15) is 79.1 Å². The van der Waals surface area contributed by atoms with Gasteiger partial charge >= 0.3 is 0 Å². The van der Waals surface area contributed by atoms with E-state index in [4.69, 9.17) is 9.97 Å². The minimum absolute atomic E-state index is 0.000505. The van der Waals surface area contributed by atoms with Crippen molar-refractivity contribution in [3.05, 3.63) is 75.7 Å². The fourth-order valence-electron chi connectivity index (χ4n) is 7.99. The molecule has 4 nitrogen and oxygen atoms in total. The lowest BCUT2D eigenvalue weighted by molar-refractivity contribution is 0.571. The molecule has 3 aromatic heterocycles. The molecule has 43 heavy (non-hydrogen) atoms. The van der Waals surface area contributed by atoms with E-state index in [1.807, 2.05) is 16.5 Å². The lowest BCUT2D eigenvalue weighted by Crippen LogP contribution is -2.13. The van der Waals surface area contributed by atoms with Gasteiger partial charge in [0.05, 0.1) is 10.9 Å². The average molecular weight is 562 g/mol. The van der Waals surface area contributed by atoms with Crippen LogP contribution in [0.5, 0.6) is 0 Å². The zero-order valence-corrected chi connectivity index (χ0v) is 26.4. The Morgan fingerprint density at radius 1 is 0.535 bits per heavy atom. The van der Waals surface area contributed by atoms with Crippen LogP contribution < -0.4 is 5.56 Å². The van der Waals surface area contributed by atoms with Crippen molar-refractivity contribution in [3.63, 3.8) is 0 Å². The predicted octanol–water partition coefficient (Wildman–Crippen LogP) is 9.81. The normalized spacial score (nSPS) is 14.3. The van der Waals surface area contributed by atoms with Gasteiger partial charge in [-0.1, -0.05) is 86.6 Å². The van der Waals surface area contributed by atoms with Crippen LogP contribution in [-0.4, -0.2) is 14.4 Å². The van der Waals surface area contributed by atoms with Crippen LogP contribution in [0.15, 0.2) is 53.3 Å². The van der Waals surface area contributed by atoms with E-state index in [-0.39, 0.29) is 21.8 Å². The fourth-order valence-corrected chi connectivity index (χ4v) is 7.99. The predicted molar refractivity (Wildman–Crippen MR) is 183 cm³/mol. The van der Waals surface area contributed by atoms with Crippen LogP contribution in [0.2, 0.25) is 0 Å². The van der Waals surface area contributed by atoms with Gasteiger partial charge in [-0.25, -0.2) is 9.97 Å². The zero-order valence-electron chi connectivity index (χ0n) is 26.4. The van der Waals surface area contributed by atoms with Gasteiger partial charge in [-0.15, -0.1) is 0 Å². The van der Waals surface area contributed by atoms with Gasteiger partial charge in [-0.05, 0) is 100 Å². The van der Waals surface area contributed by atoms with E-state index in [0.717, 1.165) is 38.4 Å². The van der Waals surface area contributed by atoms with Gasteiger partial charge in [-0.3, -0.25) is 9.20 Å². The van der Waals surface area contributed by atoms with Crippen molar-refractivity contribution in [2.45, 2.75) is 78.6 Å². The highest BCUT2D eigenvalue weighted by molar-refractivity contribution is 6.49. The molecule has 0 atom stereocenters. The van der Waals surface area contributed by atoms with Gasteiger partial charge in [0.1, 0.15) is 0 Å². The standard InChI is InChI=1S/C39H35N3O/c1-37(2,3)23-16-21-30-28-19(23)12-10-18-11-13-20-24(38(4,5)6)17-22(31(30)29(20)27(18)28)33-32(21)35-41-34-25(42(35)36(33)43)14-15-26(40-34)39(7,8)9/h10-17H,1-9H3. The van der Waals surface area contributed by atoms with E-state index >= 15 is 0 Å². The summed E-state index contributed by atoms with van der Waals surface area (Å²) in [6.07, 6.45) is 0. The average Bonchev–Trinajstić information content (AvgIpc) is 3.57. The van der Waals surface area contributed by atoms with E-state index in [2.05, 4.69) is 98.7 Å². The summed E-state index contributed by atoms with van der Waals surface area (Å²) in [5, 5.41) is 14.2. The minimum atomic E-state index is -0.113. The Morgan fingerprint density at radius 2 is 1.07 bits per heavy atom. The Kier molecular flexibility index (Phi) is 4.25. The van der Waals surface area contributed by atoms with Gasteiger partial charge in [0.15, 0.2) is 11.3 Å². The quantitative estimate of drug-likeness (QED) is 0.173. The first kappa shape index (κ1) is 25.2. The molecule has 0 bridgehead atoms. The molecule has 0 aliphatic rings. The number of imidazole rings is 1. The summed E-state index contributed by atoms with van der Waals surface area (Å²) in [5.41, 5.74) is 5.38. The maximum atomic E-state index is 14.7. The molecule has 9 rings (SSSR count).